The first-order valence-corrected chi connectivity index (χ1v) is 10.8. The minimum Gasteiger partial charge on any atom is -0.326 e. The molecule has 1 atom stereocenters. The van der Waals surface area contributed by atoms with E-state index < -0.39 is 0 Å². The molecule has 2 aliphatic rings. The molecule has 2 aromatic carbocycles. The average Bonchev–Trinajstić information content (AvgIpc) is 3.41. The van der Waals surface area contributed by atoms with Crippen molar-refractivity contribution >= 4 is 41.5 Å². The molecule has 0 saturated carbocycles. The summed E-state index contributed by atoms with van der Waals surface area (Å²) in [6.45, 7) is 0.845. The molecule has 1 fully saturated rings. The van der Waals surface area contributed by atoms with Crippen molar-refractivity contribution in [1.29, 1.82) is 5.26 Å². The van der Waals surface area contributed by atoms with Crippen molar-refractivity contribution < 1.29 is 9.59 Å². The predicted octanol–water partition coefficient (Wildman–Crippen LogP) is 3.85. The van der Waals surface area contributed by atoms with E-state index in [0.717, 1.165) is 29.9 Å². The van der Waals surface area contributed by atoms with E-state index in [2.05, 4.69) is 11.1 Å². The predicted molar refractivity (Wildman–Crippen MR) is 127 cm³/mol. The zero-order valence-electron chi connectivity index (χ0n) is 17.6. The van der Waals surface area contributed by atoms with Gasteiger partial charge in [0.25, 0.3) is 5.91 Å². The number of halogens is 2. The second-order valence-electron chi connectivity index (χ2n) is 7.97. The Morgan fingerprint density at radius 2 is 1.94 bits per heavy atom. The molecule has 2 aliphatic heterocycles. The lowest BCUT2D eigenvalue weighted by Gasteiger charge is -2.34. The molecule has 1 saturated heterocycles. The number of fused-ring (bicyclic) bond motifs is 1. The lowest BCUT2D eigenvalue weighted by Crippen LogP contribution is -2.52. The van der Waals surface area contributed by atoms with Gasteiger partial charge in [0.05, 0.1) is 23.9 Å². The van der Waals surface area contributed by atoms with Gasteiger partial charge in [-0.05, 0) is 42.3 Å². The molecule has 9 heteroatoms. The number of aryl methyl sites for hydroxylation is 1. The van der Waals surface area contributed by atoms with Crippen molar-refractivity contribution in [2.45, 2.75) is 18.9 Å². The van der Waals surface area contributed by atoms with E-state index in [1.54, 1.807) is 46.3 Å². The molecule has 0 unspecified atom stereocenters. The third-order valence-electron chi connectivity index (χ3n) is 6.10. The van der Waals surface area contributed by atoms with E-state index in [1.165, 1.54) is 0 Å². The van der Waals surface area contributed by atoms with E-state index in [4.69, 9.17) is 16.9 Å². The summed E-state index contributed by atoms with van der Waals surface area (Å²) in [6, 6.07) is 16.7. The molecule has 0 N–H and O–H groups in total. The molecule has 2 amide bonds. The van der Waals surface area contributed by atoms with Gasteiger partial charge in [-0.2, -0.15) is 5.26 Å². The van der Waals surface area contributed by atoms with Gasteiger partial charge in [0.1, 0.15) is 18.1 Å². The third-order valence-corrected chi connectivity index (χ3v) is 6.33. The molecular weight excluding hydrogens is 461 g/mol. The van der Waals surface area contributed by atoms with E-state index in [9.17, 15) is 9.59 Å². The summed E-state index contributed by atoms with van der Waals surface area (Å²) in [7, 11) is 0. The summed E-state index contributed by atoms with van der Waals surface area (Å²) in [5.41, 5.74) is 2.87. The molecule has 3 aromatic rings. The lowest BCUT2D eigenvalue weighted by atomic mass is 10.0. The van der Waals surface area contributed by atoms with Crippen LogP contribution in [0.4, 0.5) is 5.69 Å². The molecule has 7 nitrogen and oxygen atoms in total. The summed E-state index contributed by atoms with van der Waals surface area (Å²) >= 11 is 6.07. The van der Waals surface area contributed by atoms with E-state index in [1.807, 2.05) is 22.8 Å². The summed E-state index contributed by atoms with van der Waals surface area (Å²) < 4.78 is 1.98. The summed E-state index contributed by atoms with van der Waals surface area (Å²) in [4.78, 5) is 33.9. The Balaban J connectivity index is 0.00000259. The minimum absolute atomic E-state index is 0. The molecule has 0 spiro atoms. The molecule has 1 aromatic heterocycles. The number of anilines is 1. The van der Waals surface area contributed by atoms with Crippen LogP contribution < -0.4 is 4.90 Å². The van der Waals surface area contributed by atoms with Crippen LogP contribution in [-0.2, 0) is 11.2 Å². The number of aromatic nitrogens is 2. The smallest absolute Gasteiger partial charge is 0.272 e. The van der Waals surface area contributed by atoms with Gasteiger partial charge < -0.3 is 14.4 Å². The average molecular weight is 482 g/mol. The Kier molecular flexibility index (Phi) is 6.41. The van der Waals surface area contributed by atoms with E-state index >= 15 is 0 Å². The number of carbonyl (C=O) groups is 2. The zero-order chi connectivity index (χ0) is 22.2. The number of hydrogen-bond acceptors (Lipinski definition) is 4. The van der Waals surface area contributed by atoms with E-state index in [0.29, 0.717) is 29.4 Å². The van der Waals surface area contributed by atoms with Crippen molar-refractivity contribution in [3.8, 4) is 6.07 Å². The topological polar surface area (TPSA) is 82.2 Å². The number of rotatable bonds is 3. The van der Waals surface area contributed by atoms with Crippen LogP contribution in [0.2, 0.25) is 5.02 Å². The second-order valence-corrected chi connectivity index (χ2v) is 8.41. The van der Waals surface area contributed by atoms with Crippen LogP contribution >= 0.6 is 24.0 Å². The number of carbonyl (C=O) groups excluding carboxylic acids is 2. The van der Waals surface area contributed by atoms with Gasteiger partial charge in [-0.3, -0.25) is 9.59 Å². The third kappa shape index (κ3) is 4.20. The molecule has 168 valence electrons. The van der Waals surface area contributed by atoms with Crippen molar-refractivity contribution in [2.24, 2.45) is 0 Å². The fourth-order valence-electron chi connectivity index (χ4n) is 4.51. The summed E-state index contributed by atoms with van der Waals surface area (Å²) in [5, 5.41) is 9.62. The number of imidazole rings is 1. The Morgan fingerprint density at radius 3 is 2.64 bits per heavy atom. The Labute approximate surface area is 202 Å². The van der Waals surface area contributed by atoms with E-state index in [-0.39, 0.29) is 36.8 Å². The molecule has 0 bridgehead atoms. The first-order valence-electron chi connectivity index (χ1n) is 10.5. The monoisotopic (exact) mass is 481 g/mol. The van der Waals surface area contributed by atoms with Crippen LogP contribution in [0.25, 0.3) is 0 Å². The normalized spacial score (nSPS) is 17.3. The highest BCUT2D eigenvalue weighted by atomic mass is 35.5. The second kappa shape index (κ2) is 9.26. The van der Waals surface area contributed by atoms with Crippen molar-refractivity contribution in [1.82, 2.24) is 14.5 Å². The van der Waals surface area contributed by atoms with Crippen molar-refractivity contribution in [3.63, 3.8) is 0 Å². The molecule has 0 radical (unpaired) electrons. The van der Waals surface area contributed by atoms with Crippen LogP contribution in [-0.4, -0.2) is 45.9 Å². The van der Waals surface area contributed by atoms with Gasteiger partial charge in [0, 0.05) is 30.2 Å². The number of piperazine rings is 1. The molecular formula is C24H21Cl2N5O2. The highest BCUT2D eigenvalue weighted by molar-refractivity contribution is 6.30. The number of benzene rings is 2. The van der Waals surface area contributed by atoms with Gasteiger partial charge in [-0.15, -0.1) is 12.4 Å². The molecule has 33 heavy (non-hydrogen) atoms. The summed E-state index contributed by atoms with van der Waals surface area (Å²) in [6.07, 6.45) is 3.23. The first kappa shape index (κ1) is 22.8. The van der Waals surface area contributed by atoms with Gasteiger partial charge in [0.2, 0.25) is 5.91 Å². The lowest BCUT2D eigenvalue weighted by molar-refractivity contribution is -0.120. The fourth-order valence-corrected chi connectivity index (χ4v) is 4.69. The Morgan fingerprint density at radius 1 is 1.15 bits per heavy atom. The van der Waals surface area contributed by atoms with Crippen LogP contribution in [0, 0.1) is 11.3 Å². The fraction of sp³-hybridized carbons (Fsp3) is 0.250. The first-order chi connectivity index (χ1) is 15.5. The maximum Gasteiger partial charge on any atom is 0.272 e. The number of nitrogens with zero attached hydrogens (tertiary/aromatic N) is 5. The SMILES string of the molecule is Cl.N#Cc1ccc([C@H]2CCc3ncc(C(=O)N4CCN(c5cccc(Cl)c5)C(=O)C4)n32)cc1. The van der Waals surface area contributed by atoms with Gasteiger partial charge in [0.15, 0.2) is 0 Å². The van der Waals surface area contributed by atoms with Crippen LogP contribution in [0.5, 0.6) is 0 Å². The zero-order valence-corrected chi connectivity index (χ0v) is 19.2. The maximum atomic E-state index is 13.4. The van der Waals surface area contributed by atoms with Crippen LogP contribution in [0.3, 0.4) is 0 Å². The highest BCUT2D eigenvalue weighted by Crippen LogP contribution is 2.33. The quantitative estimate of drug-likeness (QED) is 0.568. The Hall–Kier alpha value is -3.34. The number of hydrogen-bond donors (Lipinski definition) is 0. The van der Waals surface area contributed by atoms with Gasteiger partial charge in [-0.25, -0.2) is 4.98 Å². The molecule has 5 rings (SSSR count). The van der Waals surface area contributed by atoms with Crippen molar-refractivity contribution in [2.75, 3.05) is 24.5 Å². The standard InChI is InChI=1S/C24H20ClN5O2.ClH/c25-18-2-1-3-19(12-18)29-11-10-28(15-23(29)31)24(32)21-14-27-22-9-8-20(30(21)22)17-6-4-16(13-26)5-7-17;/h1-7,12,14,20H,8-11,15H2;1H/t20-;/m1./s1. The maximum absolute atomic E-state index is 13.4. The number of amides is 2. The largest absolute Gasteiger partial charge is 0.326 e. The van der Waals surface area contributed by atoms with Gasteiger partial charge in [-0.1, -0.05) is 29.8 Å². The summed E-state index contributed by atoms with van der Waals surface area (Å²) in [5.74, 6) is 0.534. The van der Waals surface area contributed by atoms with Gasteiger partial charge >= 0.3 is 0 Å². The van der Waals surface area contributed by atoms with Crippen LogP contribution in [0.15, 0.2) is 54.7 Å². The molecule has 3 heterocycles. The Bertz CT molecular complexity index is 1250. The van der Waals surface area contributed by atoms with Crippen LogP contribution in [0.1, 0.15) is 39.9 Å². The number of nitriles is 1. The van der Waals surface area contributed by atoms with Crippen molar-refractivity contribution in [3.05, 3.63) is 82.4 Å². The molecule has 0 aliphatic carbocycles. The highest BCUT2D eigenvalue weighted by Gasteiger charge is 2.34. The minimum atomic E-state index is -0.191.